The first-order valence-corrected chi connectivity index (χ1v) is 6.51. The molecule has 0 saturated carbocycles. The zero-order valence-corrected chi connectivity index (χ0v) is 11.7. The fraction of sp³-hybridized carbons (Fsp3) is 0.0625. The molecule has 0 saturated heterocycles. The summed E-state index contributed by atoms with van der Waals surface area (Å²) in [7, 11) is 0. The van der Waals surface area contributed by atoms with E-state index in [1.54, 1.807) is 12.1 Å². The molecule has 0 unspecified atom stereocenters. The summed E-state index contributed by atoms with van der Waals surface area (Å²) in [5, 5.41) is 8.85. The second kappa shape index (κ2) is 6.90. The molecule has 0 aromatic heterocycles. The van der Waals surface area contributed by atoms with Gasteiger partial charge in [0.2, 0.25) is 0 Å². The number of hydrogen-bond donors (Lipinski definition) is 1. The van der Waals surface area contributed by atoms with Crippen molar-refractivity contribution in [3.8, 4) is 5.75 Å². The van der Waals surface area contributed by atoms with Gasteiger partial charge in [-0.3, -0.25) is 0 Å². The zero-order valence-electron chi connectivity index (χ0n) is 10.9. The van der Waals surface area contributed by atoms with Crippen molar-refractivity contribution in [1.82, 2.24) is 0 Å². The van der Waals surface area contributed by atoms with Gasteiger partial charge in [0.1, 0.15) is 18.2 Å². The van der Waals surface area contributed by atoms with E-state index in [4.69, 9.17) is 21.4 Å². The summed E-state index contributed by atoms with van der Waals surface area (Å²) >= 11 is 5.88. The first-order chi connectivity index (χ1) is 10.1. The molecule has 0 aliphatic rings. The summed E-state index contributed by atoms with van der Waals surface area (Å²) in [5.41, 5.74) is 1.54. The van der Waals surface area contributed by atoms with Crippen LogP contribution in [0.1, 0.15) is 11.1 Å². The molecule has 0 heterocycles. The number of halogens is 2. The Kier molecular flexibility index (Phi) is 4.95. The molecular formula is C16H12ClFO3. The SMILES string of the molecule is O=C(O)C=Cc1ccccc1COc1ccc(F)cc1Cl. The number of ether oxygens (including phenoxy) is 1. The predicted octanol–water partition coefficient (Wildman–Crippen LogP) is 4.16. The van der Waals surface area contributed by atoms with Crippen LogP contribution >= 0.6 is 11.6 Å². The second-order valence-electron chi connectivity index (χ2n) is 4.23. The van der Waals surface area contributed by atoms with Crippen molar-refractivity contribution in [1.29, 1.82) is 0 Å². The lowest BCUT2D eigenvalue weighted by Crippen LogP contribution is -1.98. The maximum absolute atomic E-state index is 12.9. The molecule has 5 heteroatoms. The summed E-state index contributed by atoms with van der Waals surface area (Å²) in [6.07, 6.45) is 2.55. The Balaban J connectivity index is 2.14. The van der Waals surface area contributed by atoms with Crippen molar-refractivity contribution in [3.63, 3.8) is 0 Å². The summed E-state index contributed by atoms with van der Waals surface area (Å²) in [6, 6.07) is 11.1. The molecule has 0 spiro atoms. The molecule has 0 radical (unpaired) electrons. The summed E-state index contributed by atoms with van der Waals surface area (Å²) < 4.78 is 18.5. The molecule has 2 aromatic carbocycles. The van der Waals surface area contributed by atoms with E-state index >= 15 is 0 Å². The molecule has 3 nitrogen and oxygen atoms in total. The molecule has 108 valence electrons. The van der Waals surface area contributed by atoms with Crippen LogP contribution < -0.4 is 4.74 Å². The summed E-state index contributed by atoms with van der Waals surface area (Å²) in [6.45, 7) is 0.200. The number of carboxylic acids is 1. The van der Waals surface area contributed by atoms with Gasteiger partial charge in [-0.1, -0.05) is 35.9 Å². The highest BCUT2D eigenvalue weighted by molar-refractivity contribution is 6.32. The number of benzene rings is 2. The number of hydrogen-bond acceptors (Lipinski definition) is 2. The van der Waals surface area contributed by atoms with E-state index in [1.165, 1.54) is 24.3 Å². The van der Waals surface area contributed by atoms with Crippen LogP contribution in [0.15, 0.2) is 48.5 Å². The predicted molar refractivity (Wildman–Crippen MR) is 78.9 cm³/mol. The lowest BCUT2D eigenvalue weighted by molar-refractivity contribution is -0.131. The van der Waals surface area contributed by atoms with Gasteiger partial charge in [0.25, 0.3) is 0 Å². The number of carbonyl (C=O) groups is 1. The van der Waals surface area contributed by atoms with Crippen LogP contribution in [0.4, 0.5) is 4.39 Å². The van der Waals surface area contributed by atoms with Gasteiger partial charge < -0.3 is 9.84 Å². The Morgan fingerprint density at radius 1 is 1.29 bits per heavy atom. The monoisotopic (exact) mass is 306 g/mol. The van der Waals surface area contributed by atoms with Gasteiger partial charge in [0.05, 0.1) is 5.02 Å². The minimum absolute atomic E-state index is 0.188. The molecule has 0 atom stereocenters. The molecule has 2 rings (SSSR count). The third kappa shape index (κ3) is 4.33. The molecule has 0 aliphatic heterocycles. The van der Waals surface area contributed by atoms with E-state index in [-0.39, 0.29) is 11.6 Å². The minimum atomic E-state index is -1.02. The third-order valence-corrected chi connectivity index (χ3v) is 3.03. The fourth-order valence-electron chi connectivity index (χ4n) is 1.74. The normalized spacial score (nSPS) is 10.8. The number of aliphatic carboxylic acids is 1. The molecule has 0 aliphatic carbocycles. The quantitative estimate of drug-likeness (QED) is 0.844. The Hall–Kier alpha value is -2.33. The molecule has 1 N–H and O–H groups in total. The Labute approximate surface area is 126 Å². The van der Waals surface area contributed by atoms with Crippen molar-refractivity contribution < 1.29 is 19.0 Å². The van der Waals surface area contributed by atoms with Crippen molar-refractivity contribution in [2.24, 2.45) is 0 Å². The average molecular weight is 307 g/mol. The van der Waals surface area contributed by atoms with Gasteiger partial charge in [-0.2, -0.15) is 0 Å². The first kappa shape index (κ1) is 15.1. The van der Waals surface area contributed by atoms with E-state index in [9.17, 15) is 9.18 Å². The van der Waals surface area contributed by atoms with Crippen LogP contribution in [0, 0.1) is 5.82 Å². The van der Waals surface area contributed by atoms with E-state index in [1.807, 2.05) is 12.1 Å². The summed E-state index contributed by atoms with van der Waals surface area (Å²) in [5.74, 6) is -1.08. The van der Waals surface area contributed by atoms with Crippen LogP contribution in [0.25, 0.3) is 6.08 Å². The molecule has 0 amide bonds. The van der Waals surface area contributed by atoms with Crippen molar-refractivity contribution >= 4 is 23.6 Å². The van der Waals surface area contributed by atoms with Crippen LogP contribution in [0.5, 0.6) is 5.75 Å². The van der Waals surface area contributed by atoms with Crippen molar-refractivity contribution in [3.05, 3.63) is 70.5 Å². The second-order valence-corrected chi connectivity index (χ2v) is 4.64. The Morgan fingerprint density at radius 3 is 2.76 bits per heavy atom. The van der Waals surface area contributed by atoms with Crippen LogP contribution in [-0.4, -0.2) is 11.1 Å². The molecule has 0 fully saturated rings. The maximum Gasteiger partial charge on any atom is 0.328 e. The maximum atomic E-state index is 12.9. The standard InChI is InChI=1S/C16H12ClFO3/c17-14-9-13(18)6-7-15(14)21-10-12-4-2-1-3-11(12)5-8-16(19)20/h1-9H,10H2,(H,19,20). The third-order valence-electron chi connectivity index (χ3n) is 2.74. The number of carboxylic acid groups (broad SMARTS) is 1. The van der Waals surface area contributed by atoms with Crippen molar-refractivity contribution in [2.75, 3.05) is 0 Å². The van der Waals surface area contributed by atoms with E-state index in [0.29, 0.717) is 5.75 Å². The van der Waals surface area contributed by atoms with Crippen LogP contribution in [-0.2, 0) is 11.4 Å². The van der Waals surface area contributed by atoms with E-state index in [2.05, 4.69) is 0 Å². The van der Waals surface area contributed by atoms with Gasteiger partial charge in [0.15, 0.2) is 0 Å². The van der Waals surface area contributed by atoms with Crippen LogP contribution in [0.3, 0.4) is 0 Å². The summed E-state index contributed by atoms with van der Waals surface area (Å²) in [4.78, 5) is 10.6. The van der Waals surface area contributed by atoms with E-state index < -0.39 is 11.8 Å². The minimum Gasteiger partial charge on any atom is -0.487 e. The Bertz CT molecular complexity index is 683. The van der Waals surface area contributed by atoms with Gasteiger partial charge >= 0.3 is 5.97 Å². The first-order valence-electron chi connectivity index (χ1n) is 6.13. The zero-order chi connectivity index (χ0) is 15.2. The average Bonchev–Trinajstić information content (AvgIpc) is 2.45. The van der Waals surface area contributed by atoms with Gasteiger partial charge in [0, 0.05) is 6.08 Å². The smallest absolute Gasteiger partial charge is 0.328 e. The fourth-order valence-corrected chi connectivity index (χ4v) is 1.96. The number of rotatable bonds is 5. The van der Waals surface area contributed by atoms with Crippen molar-refractivity contribution in [2.45, 2.75) is 6.61 Å². The van der Waals surface area contributed by atoms with E-state index in [0.717, 1.165) is 17.2 Å². The molecule has 2 aromatic rings. The molecule has 21 heavy (non-hydrogen) atoms. The lowest BCUT2D eigenvalue weighted by Gasteiger charge is -2.10. The van der Waals surface area contributed by atoms with Gasteiger partial charge in [-0.25, -0.2) is 9.18 Å². The highest BCUT2D eigenvalue weighted by Gasteiger charge is 2.05. The highest BCUT2D eigenvalue weighted by atomic mass is 35.5. The van der Waals surface area contributed by atoms with Crippen LogP contribution in [0.2, 0.25) is 5.02 Å². The van der Waals surface area contributed by atoms with Gasteiger partial charge in [-0.15, -0.1) is 0 Å². The van der Waals surface area contributed by atoms with Gasteiger partial charge in [-0.05, 0) is 35.4 Å². The molecular weight excluding hydrogens is 295 g/mol. The molecule has 0 bridgehead atoms. The highest BCUT2D eigenvalue weighted by Crippen LogP contribution is 2.26. The Morgan fingerprint density at radius 2 is 2.05 bits per heavy atom. The topological polar surface area (TPSA) is 46.5 Å². The largest absolute Gasteiger partial charge is 0.487 e. The lowest BCUT2D eigenvalue weighted by atomic mass is 10.1.